The molecule has 0 aromatic carbocycles. The van der Waals surface area contributed by atoms with E-state index in [0.717, 1.165) is 8.78 Å². The molecule has 1 heterocycles. The molecule has 1 fully saturated rings. The van der Waals surface area contributed by atoms with Gasteiger partial charge in [-0.25, -0.2) is 0 Å². The molecule has 48 valence electrons. The first-order valence-corrected chi connectivity index (χ1v) is 4.40. The van der Waals surface area contributed by atoms with Gasteiger partial charge in [-0.05, 0) is 0 Å². The molecule has 1 saturated heterocycles. The van der Waals surface area contributed by atoms with Gasteiger partial charge >= 0.3 is 0 Å². The largest absolute Gasteiger partial charge is 0.107 e. The number of hydrogen-bond donors (Lipinski definition) is 0. The van der Waals surface area contributed by atoms with E-state index in [2.05, 4.69) is 6.92 Å². The molecule has 1 aliphatic rings. The van der Waals surface area contributed by atoms with Gasteiger partial charge in [0.25, 0.3) is 0 Å². The average molecular weight is 278 g/mol. The molecule has 0 nitrogen and oxygen atoms in total. The molecular weight excluding hydrogens is 271 g/mol. The number of hydrogen-bond acceptors (Lipinski definition) is 3. The second kappa shape index (κ2) is 4.35. The molecule has 8 heavy (non-hydrogen) atoms. The Balaban J connectivity index is 0.000000490. The molecule has 1 rings (SSSR count). The summed E-state index contributed by atoms with van der Waals surface area (Å²) in [6.45, 7) is 2.21. The molecule has 0 N–H and O–H groups in total. The van der Waals surface area contributed by atoms with Crippen LogP contribution in [0.3, 0.4) is 0 Å². The topological polar surface area (TPSA) is 0 Å². The third-order valence-corrected chi connectivity index (χ3v) is 3.89. The number of thiocarbonyl (C=S) groups is 1. The van der Waals surface area contributed by atoms with Crippen molar-refractivity contribution in [3.05, 3.63) is 0 Å². The van der Waals surface area contributed by atoms with Gasteiger partial charge in [0.1, 0.15) is 3.53 Å². The van der Waals surface area contributed by atoms with Crippen molar-refractivity contribution in [2.75, 3.05) is 5.75 Å². The van der Waals surface area contributed by atoms with Crippen LogP contribution in [-0.4, -0.2) is 14.5 Å². The lowest BCUT2D eigenvalue weighted by Crippen LogP contribution is -1.88. The molecule has 1 aliphatic heterocycles. The van der Waals surface area contributed by atoms with Crippen LogP contribution in [0.1, 0.15) is 6.92 Å². The predicted molar refractivity (Wildman–Crippen MR) is 57.5 cm³/mol. The summed E-state index contributed by atoms with van der Waals surface area (Å²) in [5.74, 6) is 1.21. The van der Waals surface area contributed by atoms with Gasteiger partial charge < -0.3 is 0 Å². The fourth-order valence-electron chi connectivity index (χ4n) is 0.418. The Morgan fingerprint density at radius 2 is 2.38 bits per heavy atom. The van der Waals surface area contributed by atoms with E-state index in [1.807, 2.05) is 11.8 Å². The fraction of sp³-hybridized carbons (Fsp3) is 0.750. The number of halogens is 1. The van der Waals surface area contributed by atoms with Gasteiger partial charge in [0.15, 0.2) is 0 Å². The molecule has 1 atom stereocenters. The first kappa shape index (κ1) is 9.52. The summed E-state index contributed by atoms with van der Waals surface area (Å²) in [5.41, 5.74) is 0. The molecule has 0 aromatic rings. The van der Waals surface area contributed by atoms with Gasteiger partial charge in [-0.1, -0.05) is 19.1 Å². The molecule has 0 aromatic heterocycles. The molecule has 0 unspecified atom stereocenters. The Bertz CT molecular complexity index is 93.3. The lowest BCUT2D eigenvalue weighted by atomic mass is 10.6. The molecule has 0 aliphatic carbocycles. The minimum absolute atomic E-state index is 0. The molecule has 0 amide bonds. The highest BCUT2D eigenvalue weighted by Crippen LogP contribution is 2.31. The van der Waals surface area contributed by atoms with Crippen LogP contribution in [0.4, 0.5) is 0 Å². The highest BCUT2D eigenvalue weighted by Gasteiger charge is 2.14. The van der Waals surface area contributed by atoms with Gasteiger partial charge in [0.05, 0.1) is 0 Å². The quantitative estimate of drug-likeness (QED) is 0.494. The van der Waals surface area contributed by atoms with Crippen molar-refractivity contribution in [3.63, 3.8) is 0 Å². The van der Waals surface area contributed by atoms with Crippen LogP contribution in [0, 0.1) is 0 Å². The van der Waals surface area contributed by atoms with Crippen molar-refractivity contribution in [3.8, 4) is 0 Å². The summed E-state index contributed by atoms with van der Waals surface area (Å²) in [6.07, 6.45) is 0. The lowest BCUT2D eigenvalue weighted by molar-refractivity contribution is 1.15. The van der Waals surface area contributed by atoms with E-state index in [1.54, 1.807) is 11.8 Å². The third-order valence-electron chi connectivity index (χ3n) is 0.733. The normalized spacial score (nSPS) is 27.6. The minimum atomic E-state index is 0. The number of rotatable bonds is 0. The van der Waals surface area contributed by atoms with Crippen LogP contribution in [0.25, 0.3) is 0 Å². The Hall–Kier alpha value is 1.52. The Labute approximate surface area is 80.6 Å². The summed E-state index contributed by atoms with van der Waals surface area (Å²) in [5, 5.41) is 0.762. The Morgan fingerprint density at radius 3 is 2.50 bits per heavy atom. The van der Waals surface area contributed by atoms with Crippen molar-refractivity contribution < 1.29 is 0 Å². The van der Waals surface area contributed by atoms with E-state index in [4.69, 9.17) is 12.2 Å². The van der Waals surface area contributed by atoms with Crippen molar-refractivity contribution in [1.29, 1.82) is 0 Å². The van der Waals surface area contributed by atoms with Crippen molar-refractivity contribution in [1.82, 2.24) is 0 Å². The maximum Gasteiger partial charge on any atom is 0.104 e. The molecule has 0 radical (unpaired) electrons. The standard InChI is InChI=1S/C4H6S3.HI/c1-3-2-6-4(5)7-3;/h3H,2H2,1H3;1H/t3-;/m0./s1. The molecular formula is C4H7IS3. The van der Waals surface area contributed by atoms with E-state index in [0.29, 0.717) is 0 Å². The molecule has 0 spiro atoms. The van der Waals surface area contributed by atoms with Gasteiger partial charge in [-0.3, -0.25) is 0 Å². The van der Waals surface area contributed by atoms with Crippen molar-refractivity contribution in [2.45, 2.75) is 12.2 Å². The van der Waals surface area contributed by atoms with Crippen LogP contribution in [0.5, 0.6) is 0 Å². The summed E-state index contributed by atoms with van der Waals surface area (Å²) < 4.78 is 1.12. The van der Waals surface area contributed by atoms with Crippen LogP contribution < -0.4 is 0 Å². The fourth-order valence-corrected chi connectivity index (χ4v) is 3.26. The summed E-state index contributed by atoms with van der Waals surface area (Å²) in [6, 6.07) is 0. The first-order chi connectivity index (χ1) is 3.29. The summed E-state index contributed by atoms with van der Waals surface area (Å²) in [7, 11) is 0. The summed E-state index contributed by atoms with van der Waals surface area (Å²) >= 11 is 8.54. The zero-order valence-corrected chi connectivity index (χ0v) is 9.20. The zero-order chi connectivity index (χ0) is 5.28. The van der Waals surface area contributed by atoms with Crippen molar-refractivity contribution >= 4 is 63.2 Å². The molecule has 0 saturated carbocycles. The van der Waals surface area contributed by atoms with Crippen LogP contribution >= 0.6 is 59.7 Å². The highest BCUT2D eigenvalue weighted by molar-refractivity contribution is 14.0. The molecule has 0 bridgehead atoms. The zero-order valence-electron chi connectivity index (χ0n) is 4.42. The smallest absolute Gasteiger partial charge is 0.104 e. The van der Waals surface area contributed by atoms with E-state index < -0.39 is 0 Å². The SMILES string of the molecule is C[C@H]1CSC(=S)S1.I. The van der Waals surface area contributed by atoms with Crippen molar-refractivity contribution in [2.24, 2.45) is 0 Å². The first-order valence-electron chi connectivity index (χ1n) is 2.12. The molecule has 4 heteroatoms. The second-order valence-electron chi connectivity index (χ2n) is 1.49. The summed E-state index contributed by atoms with van der Waals surface area (Å²) in [4.78, 5) is 0. The highest BCUT2D eigenvalue weighted by atomic mass is 127. The monoisotopic (exact) mass is 278 g/mol. The van der Waals surface area contributed by atoms with E-state index in [9.17, 15) is 0 Å². The predicted octanol–water partition coefficient (Wildman–Crippen LogP) is 2.76. The average Bonchev–Trinajstić information content (AvgIpc) is 1.87. The van der Waals surface area contributed by atoms with E-state index in [-0.39, 0.29) is 24.0 Å². The third kappa shape index (κ3) is 2.89. The lowest BCUT2D eigenvalue weighted by Gasteiger charge is -1.89. The van der Waals surface area contributed by atoms with E-state index in [1.165, 1.54) is 5.75 Å². The second-order valence-corrected chi connectivity index (χ2v) is 5.15. The number of thioether (sulfide) groups is 2. The minimum Gasteiger partial charge on any atom is -0.107 e. The van der Waals surface area contributed by atoms with Gasteiger partial charge in [0, 0.05) is 11.0 Å². The van der Waals surface area contributed by atoms with Gasteiger partial charge in [-0.15, -0.1) is 47.5 Å². The van der Waals surface area contributed by atoms with E-state index >= 15 is 0 Å². The van der Waals surface area contributed by atoms with Crippen LogP contribution in [0.2, 0.25) is 0 Å². The van der Waals surface area contributed by atoms with Crippen LogP contribution in [0.15, 0.2) is 0 Å². The maximum atomic E-state index is 4.92. The van der Waals surface area contributed by atoms with Gasteiger partial charge in [-0.2, -0.15) is 0 Å². The van der Waals surface area contributed by atoms with Crippen LogP contribution in [-0.2, 0) is 0 Å². The maximum absolute atomic E-state index is 4.92. The Morgan fingerprint density at radius 1 is 1.75 bits per heavy atom. The Kier molecular flexibility index (Phi) is 5.18. The van der Waals surface area contributed by atoms with Gasteiger partial charge in [0.2, 0.25) is 0 Å².